The zero-order chi connectivity index (χ0) is 19.6. The molecule has 1 saturated heterocycles. The molecule has 1 aliphatic heterocycles. The van der Waals surface area contributed by atoms with Gasteiger partial charge in [0, 0.05) is 24.9 Å². The monoisotopic (exact) mass is 405 g/mol. The Morgan fingerprint density at radius 2 is 2.11 bits per heavy atom. The Hall–Kier alpha value is -2.01. The molecule has 0 bridgehead atoms. The lowest BCUT2D eigenvalue weighted by Gasteiger charge is -2.28. The molecule has 1 saturated carbocycles. The molecule has 0 aromatic heterocycles. The summed E-state index contributed by atoms with van der Waals surface area (Å²) < 4.78 is 67.3. The number of rotatable bonds is 4. The average Bonchev–Trinajstić information content (AvgIpc) is 3.08. The number of carbonyl (C=O) groups excluding carboxylic acids is 1. The lowest BCUT2D eigenvalue weighted by atomic mass is 9.87. The number of phenols is 1. The maximum atomic E-state index is 15.1. The van der Waals surface area contributed by atoms with Gasteiger partial charge >= 0.3 is 10.2 Å². The van der Waals surface area contributed by atoms with Crippen LogP contribution in [0.5, 0.6) is 5.75 Å². The maximum absolute atomic E-state index is 15.1. The molecular formula is C16H18F3N3O4S. The molecule has 148 valence electrons. The highest BCUT2D eigenvalue weighted by molar-refractivity contribution is 7.92. The molecule has 3 N–H and O–H groups in total. The summed E-state index contributed by atoms with van der Waals surface area (Å²) in [5.74, 6) is -5.63. The highest BCUT2D eigenvalue weighted by Crippen LogP contribution is 2.48. The van der Waals surface area contributed by atoms with Crippen molar-refractivity contribution in [3.05, 3.63) is 23.0 Å². The van der Waals surface area contributed by atoms with Crippen LogP contribution in [0.4, 0.5) is 18.9 Å². The van der Waals surface area contributed by atoms with Crippen molar-refractivity contribution in [2.75, 3.05) is 17.4 Å². The molecule has 7 nitrogen and oxygen atoms in total. The van der Waals surface area contributed by atoms with E-state index in [9.17, 15) is 27.1 Å². The van der Waals surface area contributed by atoms with Crippen molar-refractivity contribution < 1.29 is 31.5 Å². The summed E-state index contributed by atoms with van der Waals surface area (Å²) in [4.78, 5) is 11.4. The predicted molar refractivity (Wildman–Crippen MR) is 89.3 cm³/mol. The number of nitrogens with zero attached hydrogens (tertiary/aromatic N) is 1. The first-order valence-corrected chi connectivity index (χ1v) is 10.0. The van der Waals surface area contributed by atoms with Crippen LogP contribution in [0.15, 0.2) is 6.07 Å². The van der Waals surface area contributed by atoms with Crippen LogP contribution >= 0.6 is 0 Å². The summed E-state index contributed by atoms with van der Waals surface area (Å²) in [6.45, 7) is -0.484. The van der Waals surface area contributed by atoms with E-state index in [0.29, 0.717) is 22.7 Å². The number of aryl methyl sites for hydroxylation is 1. The number of aromatic hydroxyl groups is 1. The molecule has 2 fully saturated rings. The summed E-state index contributed by atoms with van der Waals surface area (Å²) >= 11 is 0. The van der Waals surface area contributed by atoms with Crippen LogP contribution in [0, 0.1) is 11.7 Å². The van der Waals surface area contributed by atoms with E-state index in [-0.39, 0.29) is 31.0 Å². The quantitative estimate of drug-likeness (QED) is 0.689. The van der Waals surface area contributed by atoms with Crippen LogP contribution in [0.1, 0.15) is 24.0 Å². The molecule has 1 unspecified atom stereocenters. The molecule has 0 spiro atoms. The number of phenolic OH excluding ortho intramolecular Hbond substituents is 1. The van der Waals surface area contributed by atoms with Crippen molar-refractivity contribution in [2.24, 2.45) is 5.92 Å². The van der Waals surface area contributed by atoms with Crippen molar-refractivity contribution in [1.29, 1.82) is 0 Å². The van der Waals surface area contributed by atoms with Crippen LogP contribution in [0.2, 0.25) is 0 Å². The second kappa shape index (κ2) is 5.99. The van der Waals surface area contributed by atoms with Gasteiger partial charge in [-0.05, 0) is 36.5 Å². The lowest BCUT2D eigenvalue weighted by Crippen LogP contribution is -2.37. The van der Waals surface area contributed by atoms with Gasteiger partial charge in [-0.2, -0.15) is 8.42 Å². The molecule has 1 aromatic carbocycles. The van der Waals surface area contributed by atoms with Gasteiger partial charge in [0.15, 0.2) is 5.82 Å². The first-order chi connectivity index (χ1) is 12.6. The smallest absolute Gasteiger partial charge is 0.326 e. The van der Waals surface area contributed by atoms with Crippen molar-refractivity contribution in [3.63, 3.8) is 0 Å². The summed E-state index contributed by atoms with van der Waals surface area (Å²) in [6.07, 6.45) is 1.04. The maximum Gasteiger partial charge on any atom is 0.326 e. The van der Waals surface area contributed by atoms with E-state index in [1.165, 1.54) is 6.07 Å². The minimum absolute atomic E-state index is 0.137. The van der Waals surface area contributed by atoms with Crippen molar-refractivity contribution in [2.45, 2.75) is 37.6 Å². The number of amides is 1. The normalized spacial score (nSPS) is 28.0. The van der Waals surface area contributed by atoms with Gasteiger partial charge in [-0.1, -0.05) is 0 Å². The van der Waals surface area contributed by atoms with E-state index in [1.54, 1.807) is 4.72 Å². The molecule has 1 amide bonds. The number of alkyl halides is 2. The zero-order valence-corrected chi connectivity index (χ0v) is 15.0. The second-order valence-electron chi connectivity index (χ2n) is 7.24. The number of anilines is 1. The van der Waals surface area contributed by atoms with Gasteiger partial charge in [0.05, 0.1) is 0 Å². The summed E-state index contributed by atoms with van der Waals surface area (Å²) in [5, 5.41) is 13.2. The van der Waals surface area contributed by atoms with Crippen LogP contribution in [-0.4, -0.2) is 44.5 Å². The molecule has 4 rings (SSSR count). The van der Waals surface area contributed by atoms with Gasteiger partial charge in [0.1, 0.15) is 18.0 Å². The number of carbonyl (C=O) groups is 1. The molecular weight excluding hydrogens is 387 g/mol. The van der Waals surface area contributed by atoms with Gasteiger partial charge in [0.25, 0.3) is 11.8 Å². The van der Waals surface area contributed by atoms with Gasteiger partial charge in [-0.3, -0.25) is 4.79 Å². The Balaban J connectivity index is 1.59. The largest absolute Gasteiger partial charge is 0.506 e. The van der Waals surface area contributed by atoms with Gasteiger partial charge in [0.2, 0.25) is 0 Å². The third-order valence-electron chi connectivity index (χ3n) is 5.30. The standard InChI is InChI=1S/C16H18F3N3O4S/c17-14-11-4-10(20-6-9-5-16(9,18)19)2-1-8(11)3-12(23)15(14)22-7-13(24)21-27(22,25)26/h3,9-10,20,23H,1-2,4-7H2,(H,21,24)/t9?,10-/m1/s1. The number of hydrogen-bond acceptors (Lipinski definition) is 5. The second-order valence-corrected chi connectivity index (χ2v) is 8.84. The number of hydrogen-bond donors (Lipinski definition) is 3. The van der Waals surface area contributed by atoms with Crippen LogP contribution in [-0.2, 0) is 27.8 Å². The topological polar surface area (TPSA) is 98.7 Å². The van der Waals surface area contributed by atoms with Crippen molar-refractivity contribution in [3.8, 4) is 5.75 Å². The van der Waals surface area contributed by atoms with E-state index in [2.05, 4.69) is 5.32 Å². The fourth-order valence-electron chi connectivity index (χ4n) is 3.70. The fraction of sp³-hybridized carbons (Fsp3) is 0.562. The number of fused-ring (bicyclic) bond motifs is 1. The number of halogens is 3. The highest BCUT2D eigenvalue weighted by Gasteiger charge is 2.56. The van der Waals surface area contributed by atoms with E-state index in [1.807, 2.05) is 0 Å². The number of benzene rings is 1. The zero-order valence-electron chi connectivity index (χ0n) is 14.1. The highest BCUT2D eigenvalue weighted by atomic mass is 32.2. The van der Waals surface area contributed by atoms with Crippen LogP contribution in [0.3, 0.4) is 0 Å². The minimum Gasteiger partial charge on any atom is -0.506 e. The molecule has 0 radical (unpaired) electrons. The molecule has 3 aliphatic rings. The van der Waals surface area contributed by atoms with Gasteiger partial charge in [-0.25, -0.2) is 22.2 Å². The van der Waals surface area contributed by atoms with Gasteiger partial charge in [-0.15, -0.1) is 0 Å². The summed E-state index contributed by atoms with van der Waals surface area (Å²) in [5.41, 5.74) is 0.199. The van der Waals surface area contributed by atoms with Crippen LogP contribution in [0.25, 0.3) is 0 Å². The SMILES string of the molecule is O=C1CN(c2c(O)cc3c(c2F)C[C@H](NCC2CC2(F)F)CC3)S(=O)(=O)N1. The number of nitrogens with one attached hydrogen (secondary N) is 2. The Morgan fingerprint density at radius 3 is 2.70 bits per heavy atom. The van der Waals surface area contributed by atoms with Gasteiger partial charge < -0.3 is 10.4 Å². The first kappa shape index (κ1) is 18.4. The molecule has 27 heavy (non-hydrogen) atoms. The Bertz CT molecular complexity index is 922. The van der Waals surface area contributed by atoms with Crippen molar-refractivity contribution in [1.82, 2.24) is 10.0 Å². The Labute approximate surface area is 153 Å². The average molecular weight is 405 g/mol. The van der Waals surface area contributed by atoms with Crippen LogP contribution < -0.4 is 14.3 Å². The molecule has 1 heterocycles. The fourth-order valence-corrected chi connectivity index (χ4v) is 4.86. The molecule has 11 heteroatoms. The molecule has 2 atom stereocenters. The predicted octanol–water partition coefficient (Wildman–Crippen LogP) is 0.814. The Morgan fingerprint density at radius 1 is 1.41 bits per heavy atom. The molecule has 2 aliphatic carbocycles. The summed E-state index contributed by atoms with van der Waals surface area (Å²) in [6, 6.07) is 1.08. The van der Waals surface area contributed by atoms with Crippen molar-refractivity contribution >= 4 is 21.8 Å². The van der Waals surface area contributed by atoms with E-state index in [4.69, 9.17) is 0 Å². The third-order valence-corrected chi connectivity index (χ3v) is 6.68. The lowest BCUT2D eigenvalue weighted by molar-refractivity contribution is -0.117. The molecule has 1 aromatic rings. The van der Waals surface area contributed by atoms with E-state index < -0.39 is 51.8 Å². The van der Waals surface area contributed by atoms with E-state index in [0.717, 1.165) is 0 Å². The minimum atomic E-state index is -4.27. The Kier molecular flexibility index (Phi) is 4.08. The summed E-state index contributed by atoms with van der Waals surface area (Å²) in [7, 11) is -4.27. The third kappa shape index (κ3) is 3.22. The van der Waals surface area contributed by atoms with E-state index >= 15 is 4.39 Å². The first-order valence-electron chi connectivity index (χ1n) is 8.56.